The number of benzene rings is 4. The molecule has 0 aliphatic carbocycles. The Hall–Kier alpha value is -4.21. The van der Waals surface area contributed by atoms with Crippen molar-refractivity contribution in [3.8, 4) is 5.75 Å². The Bertz CT molecular complexity index is 1630. The van der Waals surface area contributed by atoms with Gasteiger partial charge in [-0.2, -0.15) is 4.31 Å². The summed E-state index contributed by atoms with van der Waals surface area (Å²) < 4.78 is 33.6. The van der Waals surface area contributed by atoms with Crippen molar-refractivity contribution in [2.45, 2.75) is 37.2 Å². The van der Waals surface area contributed by atoms with Gasteiger partial charge in [-0.3, -0.25) is 9.59 Å². The van der Waals surface area contributed by atoms with Crippen LogP contribution in [0, 0.1) is 0 Å². The van der Waals surface area contributed by atoms with Crippen LogP contribution in [-0.4, -0.2) is 62.7 Å². The standard InChI is InChI=1S/C33H37N3O5S/c1-4-19-34-33(38)31(21-25-11-6-5-7-12-25)36(23-26-13-10-16-29(20-26)41-3)32(37)24-35(2)42(39,40)30-18-17-27-14-8-9-15-28(27)22-30/h5-18,20,22,31H,4,19,21,23-24H2,1-3H3,(H,34,38)/t31-/m0/s1. The maximum atomic E-state index is 14.0. The van der Waals surface area contributed by atoms with Crippen LogP contribution in [0.4, 0.5) is 0 Å². The van der Waals surface area contributed by atoms with Gasteiger partial charge in [-0.1, -0.05) is 79.7 Å². The van der Waals surface area contributed by atoms with Crippen molar-refractivity contribution in [1.82, 2.24) is 14.5 Å². The van der Waals surface area contributed by atoms with E-state index in [1.54, 1.807) is 37.4 Å². The number of rotatable bonds is 13. The van der Waals surface area contributed by atoms with Crippen molar-refractivity contribution in [1.29, 1.82) is 0 Å². The highest BCUT2D eigenvalue weighted by Crippen LogP contribution is 2.23. The molecule has 0 aromatic heterocycles. The first-order chi connectivity index (χ1) is 20.2. The number of hydrogen-bond donors (Lipinski definition) is 1. The predicted molar refractivity (Wildman–Crippen MR) is 165 cm³/mol. The second-order valence-electron chi connectivity index (χ2n) is 10.1. The monoisotopic (exact) mass is 587 g/mol. The number of amides is 2. The van der Waals surface area contributed by atoms with E-state index < -0.39 is 28.5 Å². The topological polar surface area (TPSA) is 96.0 Å². The van der Waals surface area contributed by atoms with E-state index in [2.05, 4.69) is 5.32 Å². The fourth-order valence-corrected chi connectivity index (χ4v) is 5.92. The fourth-order valence-electron chi connectivity index (χ4n) is 4.76. The summed E-state index contributed by atoms with van der Waals surface area (Å²) in [6.07, 6.45) is 1.01. The number of carbonyl (C=O) groups excluding carboxylic acids is 2. The van der Waals surface area contributed by atoms with Crippen LogP contribution in [-0.2, 0) is 32.6 Å². The number of ether oxygens (including phenoxy) is 1. The van der Waals surface area contributed by atoms with Gasteiger partial charge in [0.25, 0.3) is 0 Å². The molecule has 2 amide bonds. The van der Waals surface area contributed by atoms with E-state index in [0.717, 1.165) is 32.6 Å². The van der Waals surface area contributed by atoms with Gasteiger partial charge in [0, 0.05) is 26.6 Å². The molecule has 0 saturated heterocycles. The van der Waals surface area contributed by atoms with Gasteiger partial charge in [-0.15, -0.1) is 0 Å². The highest BCUT2D eigenvalue weighted by molar-refractivity contribution is 7.89. The minimum absolute atomic E-state index is 0.0942. The van der Waals surface area contributed by atoms with Crippen LogP contribution in [0.15, 0.2) is 102 Å². The molecule has 9 heteroatoms. The average molecular weight is 588 g/mol. The molecule has 4 aromatic carbocycles. The number of sulfonamides is 1. The molecule has 0 spiro atoms. The minimum Gasteiger partial charge on any atom is -0.497 e. The summed E-state index contributed by atoms with van der Waals surface area (Å²) in [5.41, 5.74) is 1.64. The van der Waals surface area contributed by atoms with Crippen molar-refractivity contribution < 1.29 is 22.7 Å². The van der Waals surface area contributed by atoms with Gasteiger partial charge in [0.2, 0.25) is 21.8 Å². The quantitative estimate of drug-likeness (QED) is 0.246. The summed E-state index contributed by atoms with van der Waals surface area (Å²) in [6, 6.07) is 28.3. The molecule has 0 heterocycles. The molecule has 42 heavy (non-hydrogen) atoms. The molecule has 0 fully saturated rings. The number of methoxy groups -OCH3 is 1. The van der Waals surface area contributed by atoms with Crippen molar-refractivity contribution in [3.05, 3.63) is 108 Å². The lowest BCUT2D eigenvalue weighted by molar-refractivity contribution is -0.141. The third-order valence-electron chi connectivity index (χ3n) is 7.09. The molecule has 0 radical (unpaired) electrons. The fraction of sp³-hybridized carbons (Fsp3) is 0.273. The van der Waals surface area contributed by atoms with Gasteiger partial charge in [0.05, 0.1) is 18.6 Å². The number of nitrogens with one attached hydrogen (secondary N) is 1. The molecule has 0 aliphatic rings. The van der Waals surface area contributed by atoms with E-state index in [9.17, 15) is 18.0 Å². The Morgan fingerprint density at radius 2 is 1.55 bits per heavy atom. The van der Waals surface area contributed by atoms with E-state index in [1.807, 2.05) is 73.7 Å². The van der Waals surface area contributed by atoms with E-state index in [0.29, 0.717) is 12.3 Å². The zero-order valence-electron chi connectivity index (χ0n) is 24.2. The molecule has 220 valence electrons. The van der Waals surface area contributed by atoms with E-state index in [4.69, 9.17) is 4.74 Å². The zero-order chi connectivity index (χ0) is 30.1. The Morgan fingerprint density at radius 1 is 0.857 bits per heavy atom. The van der Waals surface area contributed by atoms with E-state index in [1.165, 1.54) is 11.9 Å². The summed E-state index contributed by atoms with van der Waals surface area (Å²) in [6.45, 7) is 2.07. The minimum atomic E-state index is -4.00. The second kappa shape index (κ2) is 14.1. The molecular formula is C33H37N3O5S. The van der Waals surface area contributed by atoms with Crippen molar-refractivity contribution in [2.24, 2.45) is 0 Å². The Balaban J connectivity index is 1.67. The maximum Gasteiger partial charge on any atom is 0.243 e. The highest BCUT2D eigenvalue weighted by atomic mass is 32.2. The summed E-state index contributed by atoms with van der Waals surface area (Å²) in [7, 11) is -1.05. The van der Waals surface area contributed by atoms with Crippen LogP contribution in [0.3, 0.4) is 0 Å². The van der Waals surface area contributed by atoms with E-state index in [-0.39, 0.29) is 23.8 Å². The Morgan fingerprint density at radius 3 is 2.26 bits per heavy atom. The molecule has 0 aliphatic heterocycles. The first kappa shape index (κ1) is 30.7. The van der Waals surface area contributed by atoms with Gasteiger partial charge in [0.15, 0.2) is 0 Å². The first-order valence-corrected chi connectivity index (χ1v) is 15.4. The molecule has 1 N–H and O–H groups in total. The lowest BCUT2D eigenvalue weighted by atomic mass is 10.0. The van der Waals surface area contributed by atoms with Crippen LogP contribution in [0.2, 0.25) is 0 Å². The van der Waals surface area contributed by atoms with Crippen molar-refractivity contribution in [3.63, 3.8) is 0 Å². The highest BCUT2D eigenvalue weighted by Gasteiger charge is 2.33. The Labute approximate surface area is 248 Å². The summed E-state index contributed by atoms with van der Waals surface area (Å²) in [5, 5.41) is 4.64. The summed E-state index contributed by atoms with van der Waals surface area (Å²) >= 11 is 0. The van der Waals surface area contributed by atoms with Crippen LogP contribution in [0.25, 0.3) is 10.8 Å². The number of hydrogen-bond acceptors (Lipinski definition) is 5. The molecule has 0 bridgehead atoms. The SMILES string of the molecule is CCCNC(=O)[C@H](Cc1ccccc1)N(Cc1cccc(OC)c1)C(=O)CN(C)S(=O)(=O)c1ccc2ccccc2c1. The van der Waals surface area contributed by atoms with Crippen LogP contribution in [0.1, 0.15) is 24.5 Å². The predicted octanol–water partition coefficient (Wildman–Crippen LogP) is 4.64. The van der Waals surface area contributed by atoms with Crippen molar-refractivity contribution >= 4 is 32.6 Å². The Kier molecular flexibility index (Phi) is 10.3. The number of fused-ring (bicyclic) bond motifs is 1. The number of likely N-dealkylation sites (N-methyl/N-ethyl adjacent to an activating group) is 1. The van der Waals surface area contributed by atoms with Crippen LogP contribution >= 0.6 is 0 Å². The van der Waals surface area contributed by atoms with E-state index >= 15 is 0 Å². The molecule has 4 rings (SSSR count). The van der Waals surface area contributed by atoms with Gasteiger partial charge in [-0.05, 0) is 52.6 Å². The lowest BCUT2D eigenvalue weighted by Gasteiger charge is -2.32. The molecule has 0 unspecified atom stereocenters. The normalized spacial score (nSPS) is 12.2. The average Bonchev–Trinajstić information content (AvgIpc) is 3.01. The third kappa shape index (κ3) is 7.54. The molecule has 0 saturated carbocycles. The number of carbonyl (C=O) groups is 2. The second-order valence-corrected chi connectivity index (χ2v) is 12.2. The molecular weight excluding hydrogens is 550 g/mol. The molecule has 8 nitrogen and oxygen atoms in total. The van der Waals surface area contributed by atoms with Crippen molar-refractivity contribution in [2.75, 3.05) is 27.2 Å². The smallest absolute Gasteiger partial charge is 0.243 e. The lowest BCUT2D eigenvalue weighted by Crippen LogP contribution is -2.53. The third-order valence-corrected chi connectivity index (χ3v) is 8.89. The van der Waals surface area contributed by atoms with Crippen LogP contribution in [0.5, 0.6) is 5.75 Å². The zero-order valence-corrected chi connectivity index (χ0v) is 25.0. The summed E-state index contributed by atoms with van der Waals surface area (Å²) in [5.74, 6) is -0.166. The molecule has 1 atom stereocenters. The van der Waals surface area contributed by atoms with Gasteiger partial charge < -0.3 is 15.0 Å². The van der Waals surface area contributed by atoms with Gasteiger partial charge in [-0.25, -0.2) is 8.42 Å². The number of nitrogens with zero attached hydrogens (tertiary/aromatic N) is 2. The maximum absolute atomic E-state index is 14.0. The van der Waals surface area contributed by atoms with Gasteiger partial charge >= 0.3 is 0 Å². The van der Waals surface area contributed by atoms with Crippen LogP contribution < -0.4 is 10.1 Å². The molecule has 4 aromatic rings. The first-order valence-electron chi connectivity index (χ1n) is 13.9. The largest absolute Gasteiger partial charge is 0.497 e. The summed E-state index contributed by atoms with van der Waals surface area (Å²) in [4.78, 5) is 29.1. The van der Waals surface area contributed by atoms with Gasteiger partial charge in [0.1, 0.15) is 11.8 Å².